The number of hydrogen-bond donors (Lipinski definition) is 2. The van der Waals surface area contributed by atoms with E-state index in [1.165, 1.54) is 0 Å². The number of carbonyl (C=O) groups is 1. The van der Waals surface area contributed by atoms with Crippen LogP contribution in [0.2, 0.25) is 0 Å². The van der Waals surface area contributed by atoms with Crippen molar-refractivity contribution in [3.63, 3.8) is 0 Å². The predicted octanol–water partition coefficient (Wildman–Crippen LogP) is 4.44. The fourth-order valence-corrected chi connectivity index (χ4v) is 8.76. The van der Waals surface area contributed by atoms with E-state index in [0.717, 1.165) is 38.5 Å². The summed E-state index contributed by atoms with van der Waals surface area (Å²) in [5.41, 5.74) is -0.373. The number of epoxide rings is 1. The quantitative estimate of drug-likeness (QED) is 0.502. The van der Waals surface area contributed by atoms with Gasteiger partial charge in [-0.3, -0.25) is 4.79 Å². The average molecular weight is 401 g/mol. The molecule has 5 heteroatoms. The first-order valence-electron chi connectivity index (χ1n) is 11.5. The molecule has 6 aliphatic rings. The first-order chi connectivity index (χ1) is 13.8. The Labute approximate surface area is 172 Å². The summed E-state index contributed by atoms with van der Waals surface area (Å²) >= 11 is 0. The summed E-state index contributed by atoms with van der Waals surface area (Å²) in [6.07, 6.45) is 11.0. The van der Waals surface area contributed by atoms with Crippen molar-refractivity contribution in [2.45, 2.75) is 70.5 Å². The summed E-state index contributed by atoms with van der Waals surface area (Å²) in [5, 5.41) is 21.2. The van der Waals surface area contributed by atoms with Crippen LogP contribution in [0.1, 0.15) is 58.8 Å². The molecule has 3 saturated carbocycles. The number of rotatable bonds is 1. The molecule has 0 aromatic carbocycles. The third-order valence-corrected chi connectivity index (χ3v) is 10.3. The van der Waals surface area contributed by atoms with E-state index in [1.54, 1.807) is 6.08 Å². The van der Waals surface area contributed by atoms with E-state index in [-0.39, 0.29) is 34.4 Å². The Morgan fingerprint density at radius 2 is 1.90 bits per heavy atom. The number of ether oxygens (including phenoxy) is 2. The summed E-state index contributed by atoms with van der Waals surface area (Å²) in [6, 6.07) is 0. The number of hydrogen-bond acceptors (Lipinski definition) is 5. The van der Waals surface area contributed by atoms with Gasteiger partial charge in [-0.2, -0.15) is 0 Å². The zero-order chi connectivity index (χ0) is 20.2. The largest absolute Gasteiger partial charge is 0.508 e. The summed E-state index contributed by atoms with van der Waals surface area (Å²) in [6.45, 7) is 5.16. The summed E-state index contributed by atoms with van der Waals surface area (Å²) in [7, 11) is 0. The molecule has 5 fully saturated rings. The van der Waals surface area contributed by atoms with Gasteiger partial charge in [0, 0.05) is 17.3 Å². The van der Waals surface area contributed by atoms with E-state index in [9.17, 15) is 15.0 Å². The number of aliphatic hydroxyl groups is 2. The highest BCUT2D eigenvalue weighted by molar-refractivity contribution is 5.70. The van der Waals surface area contributed by atoms with Crippen molar-refractivity contribution in [3.8, 4) is 0 Å². The lowest BCUT2D eigenvalue weighted by atomic mass is 9.45. The first-order valence-corrected chi connectivity index (χ1v) is 11.5. The molecule has 0 radical (unpaired) electrons. The molecule has 29 heavy (non-hydrogen) atoms. The molecule has 1 unspecified atom stereocenters. The minimum absolute atomic E-state index is 0.0387. The van der Waals surface area contributed by atoms with Crippen LogP contribution in [0.4, 0.5) is 0 Å². The maximum Gasteiger partial charge on any atom is 0.305 e. The van der Waals surface area contributed by atoms with Gasteiger partial charge >= 0.3 is 5.97 Å². The number of allylic oxidation sites excluding steroid dienone is 3. The number of aliphatic hydroxyl groups excluding tert-OH is 2. The van der Waals surface area contributed by atoms with Crippen LogP contribution < -0.4 is 0 Å². The smallest absolute Gasteiger partial charge is 0.305 e. The van der Waals surface area contributed by atoms with Gasteiger partial charge in [0.2, 0.25) is 0 Å². The zero-order valence-corrected chi connectivity index (χ0v) is 17.4. The Bertz CT molecular complexity index is 821. The molecule has 2 N–H and O–H groups in total. The van der Waals surface area contributed by atoms with Crippen molar-refractivity contribution in [3.05, 3.63) is 23.7 Å². The normalized spacial score (nSPS) is 55.4. The number of esters is 1. The highest BCUT2D eigenvalue weighted by Crippen LogP contribution is 2.77. The van der Waals surface area contributed by atoms with Crippen molar-refractivity contribution < 1.29 is 24.5 Å². The van der Waals surface area contributed by atoms with Gasteiger partial charge < -0.3 is 19.7 Å². The molecule has 0 amide bonds. The molecular weight excluding hydrogens is 368 g/mol. The molecule has 9 atom stereocenters. The minimum atomic E-state index is -0.396. The number of carbonyl (C=O) groups excluding carboxylic acids is 1. The Morgan fingerprint density at radius 1 is 1.07 bits per heavy atom. The number of cyclic esters (lactones) is 1. The van der Waals surface area contributed by atoms with Gasteiger partial charge in [0.05, 0.1) is 12.7 Å². The van der Waals surface area contributed by atoms with E-state index in [1.807, 2.05) is 0 Å². The molecule has 6 rings (SSSR count). The monoisotopic (exact) mass is 400 g/mol. The SMILES string of the molecule is C[C@]12C(O)=C(O)C=C[C@H]1CC[C@@H]1[C@@H]2CC[C@]2(C)[C@@H]([C@H]3CCC(=O)OC3)CC3O[C@@]312. The zero-order valence-electron chi connectivity index (χ0n) is 17.4. The molecule has 4 aliphatic carbocycles. The second-order valence-electron chi connectivity index (χ2n) is 11.0. The lowest BCUT2D eigenvalue weighted by molar-refractivity contribution is -0.157. The third-order valence-electron chi connectivity index (χ3n) is 10.3. The van der Waals surface area contributed by atoms with Crippen LogP contribution in [0.3, 0.4) is 0 Å². The Morgan fingerprint density at radius 3 is 2.66 bits per heavy atom. The van der Waals surface area contributed by atoms with Crippen molar-refractivity contribution >= 4 is 5.97 Å². The van der Waals surface area contributed by atoms with Gasteiger partial charge in [-0.1, -0.05) is 19.9 Å². The molecule has 2 heterocycles. The fraction of sp³-hybridized carbons (Fsp3) is 0.792. The van der Waals surface area contributed by atoms with Gasteiger partial charge in [0.15, 0.2) is 5.76 Å². The summed E-state index contributed by atoms with van der Waals surface area (Å²) < 4.78 is 12.0. The third kappa shape index (κ3) is 2.03. The van der Waals surface area contributed by atoms with Crippen LogP contribution in [0.15, 0.2) is 23.7 Å². The van der Waals surface area contributed by atoms with E-state index in [0.29, 0.717) is 42.8 Å². The van der Waals surface area contributed by atoms with E-state index in [2.05, 4.69) is 19.9 Å². The lowest BCUT2D eigenvalue weighted by Gasteiger charge is -2.59. The van der Waals surface area contributed by atoms with Crippen molar-refractivity contribution in [2.24, 2.45) is 40.4 Å². The maximum atomic E-state index is 11.6. The van der Waals surface area contributed by atoms with Gasteiger partial charge in [0.25, 0.3) is 0 Å². The summed E-state index contributed by atoms with van der Waals surface area (Å²) in [5.74, 6) is 2.20. The molecule has 0 bridgehead atoms. The predicted molar refractivity (Wildman–Crippen MR) is 106 cm³/mol. The van der Waals surface area contributed by atoms with Crippen LogP contribution in [0.25, 0.3) is 0 Å². The average Bonchev–Trinajstić information content (AvgIpc) is 3.37. The van der Waals surface area contributed by atoms with Crippen molar-refractivity contribution in [2.75, 3.05) is 6.61 Å². The molecule has 0 aromatic heterocycles. The van der Waals surface area contributed by atoms with Crippen LogP contribution in [0, 0.1) is 40.4 Å². The van der Waals surface area contributed by atoms with E-state index < -0.39 is 5.41 Å². The second kappa shape index (κ2) is 5.60. The Kier molecular flexibility index (Phi) is 3.53. The maximum absolute atomic E-state index is 11.6. The highest BCUT2D eigenvalue weighted by atomic mass is 16.6. The number of fused-ring (bicyclic) bond motifs is 3. The fourth-order valence-electron chi connectivity index (χ4n) is 8.76. The Balaban J connectivity index is 1.34. The molecule has 158 valence electrons. The minimum Gasteiger partial charge on any atom is -0.508 e. The highest BCUT2D eigenvalue weighted by Gasteiger charge is 2.81. The summed E-state index contributed by atoms with van der Waals surface area (Å²) in [4.78, 5) is 11.6. The Hall–Kier alpha value is -1.49. The standard InChI is InChI=1S/C24H32O5/c1-22-10-9-15-16(6-4-14-5-7-18(25)21(27)23(14,15)2)24(22)19(29-24)11-17(22)13-3-8-20(26)28-12-13/h5,7,13-17,19,25,27H,3-4,6,8-12H2,1-2H3/t13-,14+,15-,16+,17+,19?,22+,23-,24+/m0/s1. The van der Waals surface area contributed by atoms with Crippen molar-refractivity contribution in [1.29, 1.82) is 0 Å². The molecule has 2 aliphatic heterocycles. The lowest BCUT2D eigenvalue weighted by Crippen LogP contribution is -2.58. The van der Waals surface area contributed by atoms with Gasteiger partial charge in [-0.05, 0) is 74.2 Å². The molecule has 2 saturated heterocycles. The van der Waals surface area contributed by atoms with E-state index >= 15 is 0 Å². The van der Waals surface area contributed by atoms with Gasteiger partial charge in [-0.25, -0.2) is 0 Å². The van der Waals surface area contributed by atoms with Crippen LogP contribution in [0.5, 0.6) is 0 Å². The molecule has 5 nitrogen and oxygen atoms in total. The van der Waals surface area contributed by atoms with Gasteiger partial charge in [0.1, 0.15) is 11.4 Å². The van der Waals surface area contributed by atoms with E-state index in [4.69, 9.17) is 9.47 Å². The molecular formula is C24H32O5. The van der Waals surface area contributed by atoms with Crippen LogP contribution >= 0.6 is 0 Å². The van der Waals surface area contributed by atoms with Crippen LogP contribution in [-0.4, -0.2) is 34.5 Å². The first kappa shape index (κ1) is 18.3. The second-order valence-corrected chi connectivity index (χ2v) is 11.0. The van der Waals surface area contributed by atoms with Gasteiger partial charge in [-0.15, -0.1) is 0 Å². The van der Waals surface area contributed by atoms with Crippen LogP contribution in [-0.2, 0) is 14.3 Å². The van der Waals surface area contributed by atoms with Crippen molar-refractivity contribution in [1.82, 2.24) is 0 Å². The topological polar surface area (TPSA) is 79.3 Å². The molecule has 0 aromatic rings. The molecule has 1 spiro atoms.